The average molecular weight is 314 g/mol. The average Bonchev–Trinajstić information content (AvgIpc) is 2.46. The Labute approximate surface area is 134 Å². The molecule has 2 aromatic carbocycles. The van der Waals surface area contributed by atoms with Gasteiger partial charge in [-0.15, -0.1) is 0 Å². The third-order valence-electron chi connectivity index (χ3n) is 3.33. The fourth-order valence-electron chi connectivity index (χ4n) is 2.37. The normalized spacial score (nSPS) is 10.3. The van der Waals surface area contributed by atoms with Gasteiger partial charge in [-0.2, -0.15) is 0 Å². The lowest BCUT2D eigenvalue weighted by atomic mass is 10.1. The molecular formula is C18H19FN2O2. The van der Waals surface area contributed by atoms with E-state index in [1.165, 1.54) is 36.1 Å². The first-order valence-electron chi connectivity index (χ1n) is 7.27. The van der Waals surface area contributed by atoms with Gasteiger partial charge in [-0.1, -0.05) is 6.07 Å². The van der Waals surface area contributed by atoms with Crippen LogP contribution in [0.15, 0.2) is 42.5 Å². The van der Waals surface area contributed by atoms with Gasteiger partial charge in [0.05, 0.1) is 0 Å². The molecule has 0 saturated heterocycles. The summed E-state index contributed by atoms with van der Waals surface area (Å²) in [7, 11) is 0. The highest BCUT2D eigenvalue weighted by Gasteiger charge is 2.16. The van der Waals surface area contributed by atoms with Gasteiger partial charge >= 0.3 is 0 Å². The van der Waals surface area contributed by atoms with E-state index in [1.807, 2.05) is 32.0 Å². The standard InChI is InChI=1S/C18H19FN2O2/c1-12-8-13(2)10-17(9-12)21(14(3)22)11-18(23)20-16-6-4-15(19)5-7-16/h4-10H,11H2,1-3H3,(H,20,23). The lowest BCUT2D eigenvalue weighted by Gasteiger charge is -2.21. The number of halogens is 1. The number of hydrogen-bond donors (Lipinski definition) is 1. The molecule has 4 nitrogen and oxygen atoms in total. The molecule has 0 spiro atoms. The summed E-state index contributed by atoms with van der Waals surface area (Å²) < 4.78 is 12.9. The largest absolute Gasteiger partial charge is 0.325 e. The van der Waals surface area contributed by atoms with Gasteiger partial charge in [0.1, 0.15) is 12.4 Å². The van der Waals surface area contributed by atoms with E-state index in [-0.39, 0.29) is 24.2 Å². The molecule has 5 heteroatoms. The Morgan fingerprint density at radius 3 is 2.13 bits per heavy atom. The fourth-order valence-corrected chi connectivity index (χ4v) is 2.37. The number of anilines is 2. The molecule has 2 rings (SSSR count). The van der Waals surface area contributed by atoms with Gasteiger partial charge in [-0.25, -0.2) is 4.39 Å². The van der Waals surface area contributed by atoms with Crippen LogP contribution in [0.2, 0.25) is 0 Å². The molecule has 0 bridgehead atoms. The highest BCUT2D eigenvalue weighted by molar-refractivity contribution is 6.01. The molecule has 0 aliphatic heterocycles. The van der Waals surface area contributed by atoms with Gasteiger partial charge in [0.15, 0.2) is 0 Å². The number of rotatable bonds is 4. The number of hydrogen-bond acceptors (Lipinski definition) is 2. The van der Waals surface area contributed by atoms with E-state index in [0.29, 0.717) is 11.4 Å². The van der Waals surface area contributed by atoms with Crippen LogP contribution in [0.1, 0.15) is 18.1 Å². The van der Waals surface area contributed by atoms with Crippen molar-refractivity contribution in [3.8, 4) is 0 Å². The van der Waals surface area contributed by atoms with E-state index >= 15 is 0 Å². The molecule has 0 saturated carbocycles. The first-order chi connectivity index (χ1) is 10.8. The molecule has 120 valence electrons. The molecule has 0 aliphatic rings. The quantitative estimate of drug-likeness (QED) is 0.940. The van der Waals surface area contributed by atoms with E-state index in [9.17, 15) is 14.0 Å². The Morgan fingerprint density at radius 2 is 1.61 bits per heavy atom. The van der Waals surface area contributed by atoms with Gasteiger partial charge < -0.3 is 10.2 Å². The highest BCUT2D eigenvalue weighted by atomic mass is 19.1. The number of nitrogens with one attached hydrogen (secondary N) is 1. The smallest absolute Gasteiger partial charge is 0.244 e. The number of benzene rings is 2. The van der Waals surface area contributed by atoms with E-state index in [4.69, 9.17) is 0 Å². The van der Waals surface area contributed by atoms with Crippen LogP contribution in [0.5, 0.6) is 0 Å². The number of nitrogens with zero attached hydrogens (tertiary/aromatic N) is 1. The minimum absolute atomic E-state index is 0.102. The van der Waals surface area contributed by atoms with Gasteiger partial charge in [-0.3, -0.25) is 9.59 Å². The van der Waals surface area contributed by atoms with Crippen LogP contribution in [-0.4, -0.2) is 18.4 Å². The first-order valence-corrected chi connectivity index (χ1v) is 7.27. The third kappa shape index (κ3) is 4.64. The summed E-state index contributed by atoms with van der Waals surface area (Å²) in [6.07, 6.45) is 0. The van der Waals surface area contributed by atoms with Crippen LogP contribution >= 0.6 is 0 Å². The summed E-state index contributed by atoms with van der Waals surface area (Å²) in [5, 5.41) is 2.65. The van der Waals surface area contributed by atoms with Gasteiger partial charge in [0.2, 0.25) is 11.8 Å². The fraction of sp³-hybridized carbons (Fsp3) is 0.222. The van der Waals surface area contributed by atoms with Crippen molar-refractivity contribution in [1.82, 2.24) is 0 Å². The van der Waals surface area contributed by atoms with Crippen LogP contribution in [-0.2, 0) is 9.59 Å². The molecule has 23 heavy (non-hydrogen) atoms. The number of carbonyl (C=O) groups excluding carboxylic acids is 2. The maximum Gasteiger partial charge on any atom is 0.244 e. The molecule has 2 amide bonds. The minimum Gasteiger partial charge on any atom is -0.325 e. The number of amides is 2. The second-order valence-corrected chi connectivity index (χ2v) is 5.51. The summed E-state index contributed by atoms with van der Waals surface area (Å²) in [6, 6.07) is 11.2. The second-order valence-electron chi connectivity index (χ2n) is 5.51. The van der Waals surface area contributed by atoms with E-state index < -0.39 is 0 Å². The Kier molecular flexibility index (Phi) is 5.11. The van der Waals surface area contributed by atoms with Gasteiger partial charge in [0.25, 0.3) is 0 Å². The molecular weight excluding hydrogens is 295 g/mol. The highest BCUT2D eigenvalue weighted by Crippen LogP contribution is 2.19. The summed E-state index contributed by atoms with van der Waals surface area (Å²) in [5.74, 6) is -0.932. The van der Waals surface area contributed by atoms with Crippen LogP contribution in [0.4, 0.5) is 15.8 Å². The second kappa shape index (κ2) is 7.05. The van der Waals surface area contributed by atoms with Crippen molar-refractivity contribution in [2.24, 2.45) is 0 Å². The third-order valence-corrected chi connectivity index (χ3v) is 3.33. The Morgan fingerprint density at radius 1 is 1.04 bits per heavy atom. The van der Waals surface area contributed by atoms with Crippen molar-refractivity contribution in [2.45, 2.75) is 20.8 Å². The number of aryl methyl sites for hydroxylation is 2. The van der Waals surface area contributed by atoms with Crippen molar-refractivity contribution in [3.63, 3.8) is 0 Å². The predicted octanol–water partition coefficient (Wildman–Crippen LogP) is 3.43. The predicted molar refractivity (Wildman–Crippen MR) is 89.0 cm³/mol. The maximum atomic E-state index is 12.9. The Hall–Kier alpha value is -2.69. The Bertz CT molecular complexity index is 706. The molecule has 0 heterocycles. The minimum atomic E-state index is -0.372. The van der Waals surface area contributed by atoms with Crippen molar-refractivity contribution in [1.29, 1.82) is 0 Å². The molecule has 0 radical (unpaired) electrons. The van der Waals surface area contributed by atoms with Crippen LogP contribution < -0.4 is 10.2 Å². The Balaban J connectivity index is 2.14. The van der Waals surface area contributed by atoms with Gasteiger partial charge in [0, 0.05) is 18.3 Å². The SMILES string of the molecule is CC(=O)N(CC(=O)Nc1ccc(F)cc1)c1cc(C)cc(C)c1. The zero-order chi connectivity index (χ0) is 17.0. The lowest BCUT2D eigenvalue weighted by Crippen LogP contribution is -2.36. The molecule has 0 aromatic heterocycles. The maximum absolute atomic E-state index is 12.9. The molecule has 0 aliphatic carbocycles. The molecule has 0 atom stereocenters. The van der Waals surface area contributed by atoms with Crippen molar-refractivity contribution < 1.29 is 14.0 Å². The zero-order valence-corrected chi connectivity index (χ0v) is 13.4. The van der Waals surface area contributed by atoms with Gasteiger partial charge in [-0.05, 0) is 61.4 Å². The summed E-state index contributed by atoms with van der Waals surface area (Å²) in [6.45, 7) is 5.19. The monoisotopic (exact) mass is 314 g/mol. The molecule has 0 unspecified atom stereocenters. The van der Waals surface area contributed by atoms with Crippen molar-refractivity contribution in [2.75, 3.05) is 16.8 Å². The van der Waals surface area contributed by atoms with Crippen LogP contribution in [0.3, 0.4) is 0 Å². The molecule has 2 aromatic rings. The lowest BCUT2D eigenvalue weighted by molar-refractivity contribution is -0.120. The van der Waals surface area contributed by atoms with Crippen molar-refractivity contribution in [3.05, 3.63) is 59.4 Å². The van der Waals surface area contributed by atoms with Crippen LogP contribution in [0, 0.1) is 19.7 Å². The van der Waals surface area contributed by atoms with Crippen molar-refractivity contribution >= 4 is 23.2 Å². The zero-order valence-electron chi connectivity index (χ0n) is 13.4. The van der Waals surface area contributed by atoms with E-state index in [0.717, 1.165) is 11.1 Å². The van der Waals surface area contributed by atoms with E-state index in [1.54, 1.807) is 0 Å². The first kappa shape index (κ1) is 16.7. The molecule has 1 N–H and O–H groups in total. The summed E-state index contributed by atoms with van der Waals surface area (Å²) in [4.78, 5) is 25.5. The van der Waals surface area contributed by atoms with Crippen LogP contribution in [0.25, 0.3) is 0 Å². The topological polar surface area (TPSA) is 49.4 Å². The number of carbonyl (C=O) groups is 2. The van der Waals surface area contributed by atoms with E-state index in [2.05, 4.69) is 5.32 Å². The summed E-state index contributed by atoms with van der Waals surface area (Å²) >= 11 is 0. The summed E-state index contributed by atoms with van der Waals surface area (Å²) in [5.41, 5.74) is 3.21. The molecule has 0 fully saturated rings.